The molecule has 1 amide bonds. The number of aromatic nitrogens is 2. The predicted octanol–water partition coefficient (Wildman–Crippen LogP) is 5.14. The Morgan fingerprint density at radius 3 is 2.27 bits per heavy atom. The highest BCUT2D eigenvalue weighted by atomic mass is 35.5. The molecule has 1 saturated carbocycles. The van der Waals surface area contributed by atoms with Gasteiger partial charge >= 0.3 is 12.1 Å². The number of carbonyl (C=O) groups excluding carboxylic acids is 1. The van der Waals surface area contributed by atoms with Crippen molar-refractivity contribution in [1.82, 2.24) is 15.0 Å². The second-order valence-corrected chi connectivity index (χ2v) is 7.61. The maximum absolute atomic E-state index is 12.8. The summed E-state index contributed by atoms with van der Waals surface area (Å²) in [6.07, 6.45) is -2.46. The molecule has 0 bridgehead atoms. The van der Waals surface area contributed by atoms with Crippen LogP contribution in [0.25, 0.3) is 11.4 Å². The standard InChI is InChI=1S/C21H17ClF3N3O2/c22-16-7-3-13(4-8-16)11-18(29)28(17-9-10-17)12-14-1-5-15(6-2-14)19-26-20(30-27-19)21(23,24)25/h1-8,17H,9-12H2. The summed E-state index contributed by atoms with van der Waals surface area (Å²) in [6, 6.07) is 14.1. The number of carbonyl (C=O) groups is 1. The molecule has 0 N–H and O–H groups in total. The summed E-state index contributed by atoms with van der Waals surface area (Å²) in [6.45, 7) is 0.428. The first kappa shape index (κ1) is 20.4. The van der Waals surface area contributed by atoms with E-state index in [2.05, 4.69) is 14.7 Å². The molecule has 1 aliphatic carbocycles. The third kappa shape index (κ3) is 4.81. The van der Waals surface area contributed by atoms with Crippen LogP contribution in [0.5, 0.6) is 0 Å². The quantitative estimate of drug-likeness (QED) is 0.537. The van der Waals surface area contributed by atoms with Crippen molar-refractivity contribution in [3.05, 3.63) is 70.6 Å². The number of alkyl halides is 3. The topological polar surface area (TPSA) is 59.2 Å². The van der Waals surface area contributed by atoms with Crippen LogP contribution in [0, 0.1) is 0 Å². The third-order valence-electron chi connectivity index (χ3n) is 4.81. The molecular weight excluding hydrogens is 419 g/mol. The fourth-order valence-electron chi connectivity index (χ4n) is 3.10. The van der Waals surface area contributed by atoms with Crippen molar-refractivity contribution in [2.75, 3.05) is 0 Å². The number of nitrogens with zero attached hydrogens (tertiary/aromatic N) is 3. The van der Waals surface area contributed by atoms with Crippen LogP contribution in [0.15, 0.2) is 53.1 Å². The first-order valence-corrected chi connectivity index (χ1v) is 9.71. The SMILES string of the molecule is O=C(Cc1ccc(Cl)cc1)N(Cc1ccc(-c2noc(C(F)(F)F)n2)cc1)C1CC1. The highest BCUT2D eigenvalue weighted by molar-refractivity contribution is 6.30. The third-order valence-corrected chi connectivity index (χ3v) is 5.06. The van der Waals surface area contributed by atoms with Gasteiger partial charge in [0.05, 0.1) is 6.42 Å². The number of benzene rings is 2. The van der Waals surface area contributed by atoms with E-state index in [0.29, 0.717) is 17.1 Å². The lowest BCUT2D eigenvalue weighted by atomic mass is 10.1. The molecule has 0 atom stereocenters. The maximum Gasteiger partial charge on any atom is 0.471 e. The summed E-state index contributed by atoms with van der Waals surface area (Å²) in [7, 11) is 0. The lowest BCUT2D eigenvalue weighted by Gasteiger charge is -2.23. The van der Waals surface area contributed by atoms with Crippen molar-refractivity contribution >= 4 is 17.5 Å². The first-order chi connectivity index (χ1) is 14.3. The van der Waals surface area contributed by atoms with E-state index in [1.54, 1.807) is 36.4 Å². The van der Waals surface area contributed by atoms with Crippen LogP contribution in [-0.2, 0) is 23.9 Å². The number of rotatable bonds is 6. The van der Waals surface area contributed by atoms with Gasteiger partial charge in [0.2, 0.25) is 11.7 Å². The van der Waals surface area contributed by atoms with Crippen LogP contribution >= 0.6 is 11.6 Å². The molecule has 0 aliphatic heterocycles. The van der Waals surface area contributed by atoms with Gasteiger partial charge in [-0.2, -0.15) is 18.2 Å². The van der Waals surface area contributed by atoms with Gasteiger partial charge in [-0.05, 0) is 36.1 Å². The van der Waals surface area contributed by atoms with Gasteiger partial charge in [-0.1, -0.05) is 53.2 Å². The summed E-state index contributed by atoms with van der Waals surface area (Å²) in [5.41, 5.74) is 2.17. The number of amides is 1. The lowest BCUT2D eigenvalue weighted by Crippen LogP contribution is -2.33. The molecule has 1 aliphatic rings. The molecule has 9 heteroatoms. The summed E-state index contributed by atoms with van der Waals surface area (Å²) >= 11 is 5.89. The molecule has 0 unspecified atom stereocenters. The monoisotopic (exact) mass is 435 g/mol. The van der Waals surface area contributed by atoms with Crippen molar-refractivity contribution in [2.45, 2.75) is 38.0 Å². The molecule has 0 radical (unpaired) electrons. The van der Waals surface area contributed by atoms with Crippen molar-refractivity contribution in [1.29, 1.82) is 0 Å². The molecule has 0 spiro atoms. The summed E-state index contributed by atoms with van der Waals surface area (Å²) < 4.78 is 42.1. The Morgan fingerprint density at radius 2 is 1.70 bits per heavy atom. The molecule has 156 valence electrons. The zero-order chi connectivity index (χ0) is 21.3. The Labute approximate surface area is 175 Å². The predicted molar refractivity (Wildman–Crippen MR) is 103 cm³/mol. The zero-order valence-corrected chi connectivity index (χ0v) is 16.5. The smallest absolute Gasteiger partial charge is 0.335 e. The van der Waals surface area contributed by atoms with Crippen LogP contribution in [0.2, 0.25) is 5.02 Å². The summed E-state index contributed by atoms with van der Waals surface area (Å²) in [4.78, 5) is 18.1. The Morgan fingerprint density at radius 1 is 1.07 bits per heavy atom. The summed E-state index contributed by atoms with van der Waals surface area (Å²) in [5, 5.41) is 4.00. The minimum atomic E-state index is -4.68. The Hall–Kier alpha value is -2.87. The van der Waals surface area contributed by atoms with Crippen molar-refractivity contribution in [3.63, 3.8) is 0 Å². The van der Waals surface area contributed by atoms with Gasteiger partial charge in [0.1, 0.15) is 0 Å². The fraction of sp³-hybridized carbons (Fsp3) is 0.286. The average Bonchev–Trinajstić information content (AvgIpc) is 3.42. The fourth-order valence-corrected chi connectivity index (χ4v) is 3.22. The van der Waals surface area contributed by atoms with Crippen LogP contribution in [0.3, 0.4) is 0 Å². The molecule has 1 aromatic heterocycles. The van der Waals surface area contributed by atoms with Crippen molar-refractivity contribution in [3.8, 4) is 11.4 Å². The van der Waals surface area contributed by atoms with Crippen molar-refractivity contribution < 1.29 is 22.5 Å². The normalized spacial score (nSPS) is 14.0. The number of hydrogen-bond acceptors (Lipinski definition) is 4. The van der Waals surface area contributed by atoms with Gasteiger partial charge < -0.3 is 9.42 Å². The molecule has 1 fully saturated rings. The second kappa shape index (κ2) is 8.10. The van der Waals surface area contributed by atoms with E-state index >= 15 is 0 Å². The van der Waals surface area contributed by atoms with E-state index in [1.165, 1.54) is 0 Å². The number of halogens is 4. The van der Waals surface area contributed by atoms with Gasteiger partial charge in [0.15, 0.2) is 0 Å². The average molecular weight is 436 g/mol. The summed E-state index contributed by atoms with van der Waals surface area (Å²) in [5.74, 6) is -1.49. The van der Waals surface area contributed by atoms with Gasteiger partial charge in [0.25, 0.3) is 0 Å². The molecule has 3 aromatic rings. The molecule has 0 saturated heterocycles. The van der Waals surface area contributed by atoms with Crippen molar-refractivity contribution in [2.24, 2.45) is 0 Å². The molecule has 4 rings (SSSR count). The van der Waals surface area contributed by atoms with Gasteiger partial charge in [-0.3, -0.25) is 4.79 Å². The maximum atomic E-state index is 12.8. The van der Waals surface area contributed by atoms with Crippen LogP contribution in [0.1, 0.15) is 29.9 Å². The lowest BCUT2D eigenvalue weighted by molar-refractivity contribution is -0.159. The van der Waals surface area contributed by atoms with Crippen LogP contribution in [-0.4, -0.2) is 27.0 Å². The van der Waals surface area contributed by atoms with Crippen LogP contribution < -0.4 is 0 Å². The van der Waals surface area contributed by atoms with E-state index in [-0.39, 0.29) is 24.2 Å². The van der Waals surface area contributed by atoms with Gasteiger partial charge in [-0.15, -0.1) is 0 Å². The Balaban J connectivity index is 1.44. The minimum absolute atomic E-state index is 0.0249. The van der Waals surface area contributed by atoms with E-state index in [1.807, 2.05) is 17.0 Å². The zero-order valence-electron chi connectivity index (χ0n) is 15.7. The van der Waals surface area contributed by atoms with E-state index in [0.717, 1.165) is 24.0 Å². The Bertz CT molecular complexity index is 1030. The molecular formula is C21H17ClF3N3O2. The molecule has 2 aromatic carbocycles. The Kier molecular flexibility index (Phi) is 5.51. The van der Waals surface area contributed by atoms with E-state index < -0.39 is 12.1 Å². The molecule has 30 heavy (non-hydrogen) atoms. The largest absolute Gasteiger partial charge is 0.471 e. The molecule has 5 nitrogen and oxygen atoms in total. The highest BCUT2D eigenvalue weighted by Crippen LogP contribution is 2.31. The minimum Gasteiger partial charge on any atom is -0.335 e. The second-order valence-electron chi connectivity index (χ2n) is 7.17. The van der Waals surface area contributed by atoms with Crippen LogP contribution in [0.4, 0.5) is 13.2 Å². The van der Waals surface area contributed by atoms with E-state index in [9.17, 15) is 18.0 Å². The van der Waals surface area contributed by atoms with E-state index in [4.69, 9.17) is 11.6 Å². The molecule has 1 heterocycles. The first-order valence-electron chi connectivity index (χ1n) is 9.34. The van der Waals surface area contributed by atoms with Gasteiger partial charge in [-0.25, -0.2) is 0 Å². The number of hydrogen-bond donors (Lipinski definition) is 0. The highest BCUT2D eigenvalue weighted by Gasteiger charge is 2.38. The van der Waals surface area contributed by atoms with Gasteiger partial charge in [0, 0.05) is 23.2 Å².